The highest BCUT2D eigenvalue weighted by atomic mass is 35.5. The first-order valence-electron chi connectivity index (χ1n) is 9.84. The molecule has 0 amide bonds. The molecule has 0 unspecified atom stereocenters. The Morgan fingerprint density at radius 1 is 1.32 bits per heavy atom. The van der Waals surface area contributed by atoms with Crippen LogP contribution in [0.2, 0.25) is 0 Å². The lowest BCUT2D eigenvalue weighted by molar-refractivity contribution is 0.103. The van der Waals surface area contributed by atoms with Gasteiger partial charge in [0.1, 0.15) is 12.3 Å². The van der Waals surface area contributed by atoms with Gasteiger partial charge in [-0.2, -0.15) is 0 Å². The molecule has 1 aromatic carbocycles. The number of halogens is 1. The first kappa shape index (κ1) is 20.9. The van der Waals surface area contributed by atoms with E-state index in [9.17, 15) is 4.79 Å². The Bertz CT molecular complexity index is 1260. The minimum Gasteiger partial charge on any atom is -0.474 e. The molecule has 0 radical (unpaired) electrons. The van der Waals surface area contributed by atoms with E-state index >= 15 is 0 Å². The maximum absolute atomic E-state index is 13.3. The van der Waals surface area contributed by atoms with Gasteiger partial charge in [-0.25, -0.2) is 9.98 Å². The Morgan fingerprint density at radius 3 is 2.81 bits per heavy atom. The second-order valence-corrected chi connectivity index (χ2v) is 8.60. The predicted octanol–water partition coefficient (Wildman–Crippen LogP) is 5.02. The van der Waals surface area contributed by atoms with E-state index in [-0.39, 0.29) is 17.1 Å². The molecule has 158 valence electrons. The maximum Gasteiger partial charge on any atom is 0.235 e. The van der Waals surface area contributed by atoms with Gasteiger partial charge in [0.05, 0.1) is 17.3 Å². The fraction of sp³-hybridized carbons (Fsp3) is 0.208. The number of aromatic nitrogens is 3. The molecule has 7 heteroatoms. The summed E-state index contributed by atoms with van der Waals surface area (Å²) in [5, 5.41) is 1.28. The molecule has 0 bridgehead atoms. The van der Waals surface area contributed by atoms with Gasteiger partial charge in [0, 0.05) is 28.7 Å². The van der Waals surface area contributed by atoms with E-state index in [4.69, 9.17) is 16.3 Å². The molecule has 1 aliphatic rings. The van der Waals surface area contributed by atoms with Crippen LogP contribution in [-0.4, -0.2) is 38.4 Å². The zero-order chi connectivity index (χ0) is 22.2. The number of imidazole rings is 1. The Labute approximate surface area is 185 Å². The summed E-state index contributed by atoms with van der Waals surface area (Å²) in [4.78, 5) is 25.1. The monoisotopic (exact) mass is 434 g/mol. The molecule has 0 atom stereocenters. The van der Waals surface area contributed by atoms with Crippen LogP contribution in [0.15, 0.2) is 77.6 Å². The van der Waals surface area contributed by atoms with Gasteiger partial charge in [0.25, 0.3) is 0 Å². The number of nitrogens with zero attached hydrogens (tertiary/aromatic N) is 3. The van der Waals surface area contributed by atoms with E-state index in [1.807, 2.05) is 55.0 Å². The third kappa shape index (κ3) is 4.39. The van der Waals surface area contributed by atoms with Gasteiger partial charge < -0.3 is 14.3 Å². The number of fused-ring (bicyclic) bond motifs is 1. The Hall–Kier alpha value is -3.38. The van der Waals surface area contributed by atoms with Crippen LogP contribution in [0, 0.1) is 0 Å². The number of ketones is 1. The lowest BCUT2D eigenvalue weighted by Crippen LogP contribution is -2.17. The normalized spacial score (nSPS) is 15.3. The van der Waals surface area contributed by atoms with Crippen molar-refractivity contribution < 1.29 is 9.53 Å². The zero-order valence-electron chi connectivity index (χ0n) is 17.5. The van der Waals surface area contributed by atoms with Crippen molar-refractivity contribution in [1.29, 1.82) is 0 Å². The number of aliphatic imine (C=N–C) groups is 1. The summed E-state index contributed by atoms with van der Waals surface area (Å²) in [5.74, 6) is 0.517. The number of benzene rings is 1. The van der Waals surface area contributed by atoms with E-state index < -0.39 is 0 Å². The maximum atomic E-state index is 13.3. The predicted molar refractivity (Wildman–Crippen MR) is 124 cm³/mol. The Kier molecular flexibility index (Phi) is 5.41. The number of nitrogens with one attached hydrogen (secondary N) is 1. The van der Waals surface area contributed by atoms with Gasteiger partial charge in [-0.15, -0.1) is 0 Å². The molecule has 2 aromatic heterocycles. The summed E-state index contributed by atoms with van der Waals surface area (Å²) in [6, 6.07) is 7.75. The highest BCUT2D eigenvalue weighted by Crippen LogP contribution is 2.25. The zero-order valence-corrected chi connectivity index (χ0v) is 18.2. The van der Waals surface area contributed by atoms with Crippen molar-refractivity contribution in [3.8, 4) is 0 Å². The van der Waals surface area contributed by atoms with Gasteiger partial charge in [-0.1, -0.05) is 49.0 Å². The number of allylic oxidation sites excluding steroid dienone is 4. The van der Waals surface area contributed by atoms with Crippen LogP contribution < -0.4 is 0 Å². The molecule has 0 saturated heterocycles. The summed E-state index contributed by atoms with van der Waals surface area (Å²) in [6.07, 6.45) is 6.92. The van der Waals surface area contributed by atoms with E-state index in [0.29, 0.717) is 35.3 Å². The number of rotatable bonds is 7. The molecular formula is C24H23ClN4O2. The third-order valence-corrected chi connectivity index (χ3v) is 5.02. The lowest BCUT2D eigenvalue weighted by Gasteiger charge is -2.07. The van der Waals surface area contributed by atoms with Crippen molar-refractivity contribution in [2.75, 3.05) is 6.61 Å². The van der Waals surface area contributed by atoms with Crippen molar-refractivity contribution in [2.24, 2.45) is 4.99 Å². The van der Waals surface area contributed by atoms with Crippen molar-refractivity contribution >= 4 is 34.2 Å². The standard InChI is InChI=1S/C24H23ClN4O2/c1-15(9-10-16(2)25)12-29-13-18(17-7-5-6-8-20(17)29)21(30)22-26-11-19(27-22)23-28-24(3,4)14-31-23/h5-11,13H,1-2,12,14H2,3-4H3,(H,26,27)/b10-9-. The van der Waals surface area contributed by atoms with Gasteiger partial charge >= 0.3 is 0 Å². The number of hydrogen-bond donors (Lipinski definition) is 1. The topological polar surface area (TPSA) is 72.3 Å². The number of para-hydroxylation sites is 1. The molecule has 6 nitrogen and oxygen atoms in total. The van der Waals surface area contributed by atoms with E-state index in [1.165, 1.54) is 0 Å². The van der Waals surface area contributed by atoms with Crippen molar-refractivity contribution in [3.63, 3.8) is 0 Å². The summed E-state index contributed by atoms with van der Waals surface area (Å²) in [5.41, 5.74) is 2.63. The summed E-state index contributed by atoms with van der Waals surface area (Å²) < 4.78 is 7.63. The van der Waals surface area contributed by atoms with Gasteiger partial charge in [0.2, 0.25) is 11.7 Å². The molecule has 0 saturated carbocycles. The minimum absolute atomic E-state index is 0.200. The second kappa shape index (κ2) is 8.04. The van der Waals surface area contributed by atoms with Crippen molar-refractivity contribution in [2.45, 2.75) is 25.9 Å². The van der Waals surface area contributed by atoms with Crippen molar-refractivity contribution in [3.05, 3.63) is 89.7 Å². The summed E-state index contributed by atoms with van der Waals surface area (Å²) in [6.45, 7) is 12.7. The van der Waals surface area contributed by atoms with Crippen LogP contribution >= 0.6 is 11.6 Å². The summed E-state index contributed by atoms with van der Waals surface area (Å²) >= 11 is 5.80. The molecular weight excluding hydrogens is 412 g/mol. The number of carbonyl (C=O) groups is 1. The number of hydrogen-bond acceptors (Lipinski definition) is 4. The number of ether oxygens (including phenoxy) is 1. The molecule has 0 aliphatic carbocycles. The second-order valence-electron chi connectivity index (χ2n) is 8.12. The minimum atomic E-state index is -0.287. The Balaban J connectivity index is 1.65. The quantitative estimate of drug-likeness (QED) is 0.419. The summed E-state index contributed by atoms with van der Waals surface area (Å²) in [7, 11) is 0. The SMILES string of the molecule is C=C(Cl)/C=C\C(=C)Cn1cc(C(=O)c2ncc(C3=NC(C)(C)CO3)[nH]2)c2ccccc21. The number of H-pyrrole nitrogens is 1. The molecule has 4 rings (SSSR count). The van der Waals surface area contributed by atoms with Crippen LogP contribution in [0.1, 0.15) is 35.7 Å². The van der Waals surface area contributed by atoms with Gasteiger partial charge in [-0.05, 0) is 31.6 Å². The van der Waals surface area contributed by atoms with Crippen LogP contribution in [0.4, 0.5) is 0 Å². The molecule has 0 fully saturated rings. The van der Waals surface area contributed by atoms with Crippen LogP contribution in [0.25, 0.3) is 10.9 Å². The van der Waals surface area contributed by atoms with E-state index in [0.717, 1.165) is 16.5 Å². The molecule has 3 aromatic rings. The molecule has 1 N–H and O–H groups in total. The highest BCUT2D eigenvalue weighted by molar-refractivity contribution is 6.30. The van der Waals surface area contributed by atoms with E-state index in [2.05, 4.69) is 28.1 Å². The number of aromatic amines is 1. The highest BCUT2D eigenvalue weighted by Gasteiger charge is 2.29. The Morgan fingerprint density at radius 2 is 2.10 bits per heavy atom. The van der Waals surface area contributed by atoms with Crippen LogP contribution in [0.3, 0.4) is 0 Å². The first-order valence-corrected chi connectivity index (χ1v) is 10.2. The van der Waals surface area contributed by atoms with Crippen LogP contribution in [0.5, 0.6) is 0 Å². The third-order valence-electron chi connectivity index (χ3n) is 4.89. The fourth-order valence-electron chi connectivity index (χ4n) is 3.43. The number of carbonyl (C=O) groups excluding carboxylic acids is 1. The van der Waals surface area contributed by atoms with Crippen LogP contribution in [-0.2, 0) is 11.3 Å². The smallest absolute Gasteiger partial charge is 0.235 e. The largest absolute Gasteiger partial charge is 0.474 e. The lowest BCUT2D eigenvalue weighted by atomic mass is 10.1. The fourth-order valence-corrected chi connectivity index (χ4v) is 3.50. The molecule has 0 spiro atoms. The average molecular weight is 435 g/mol. The van der Waals surface area contributed by atoms with E-state index in [1.54, 1.807) is 12.3 Å². The molecule has 3 heterocycles. The van der Waals surface area contributed by atoms with Gasteiger partial charge in [-0.3, -0.25) is 4.79 Å². The molecule has 1 aliphatic heterocycles. The first-order chi connectivity index (χ1) is 14.7. The van der Waals surface area contributed by atoms with Gasteiger partial charge in [0.15, 0.2) is 5.82 Å². The van der Waals surface area contributed by atoms with Crippen molar-refractivity contribution in [1.82, 2.24) is 14.5 Å². The molecule has 31 heavy (non-hydrogen) atoms. The average Bonchev–Trinajstić information content (AvgIpc) is 3.43.